The van der Waals surface area contributed by atoms with E-state index >= 15 is 0 Å². The van der Waals surface area contributed by atoms with Crippen LogP contribution in [0, 0.1) is 0 Å². The molecule has 2 aromatic carbocycles. The summed E-state index contributed by atoms with van der Waals surface area (Å²) >= 11 is 0. The van der Waals surface area contributed by atoms with Gasteiger partial charge in [-0.05, 0) is 18.2 Å². The van der Waals surface area contributed by atoms with Crippen LogP contribution in [0.15, 0.2) is 67.4 Å². The summed E-state index contributed by atoms with van der Waals surface area (Å²) in [6.45, 7) is 9.07. The Balaban J connectivity index is 1.90. The van der Waals surface area contributed by atoms with Crippen molar-refractivity contribution in [2.75, 3.05) is 22.5 Å². The minimum atomic E-state index is 0.870. The fourth-order valence-electron chi connectivity index (χ4n) is 2.45. The standard InChI is InChI=1S/C18H19N3/c1-13-11-12-19-18-16(9-6-10-17(18)20-13)14(2)21-15-7-4-3-5-8-15/h3-10,19-21H,1-2,11-12H2. The van der Waals surface area contributed by atoms with E-state index in [0.29, 0.717) is 0 Å². The van der Waals surface area contributed by atoms with Gasteiger partial charge in [-0.1, -0.05) is 43.5 Å². The highest BCUT2D eigenvalue weighted by Crippen LogP contribution is 2.33. The smallest absolute Gasteiger partial charge is 0.0673 e. The van der Waals surface area contributed by atoms with Gasteiger partial charge in [-0.25, -0.2) is 0 Å². The van der Waals surface area contributed by atoms with Gasteiger partial charge in [0.2, 0.25) is 0 Å². The molecule has 1 aliphatic rings. The number of hydrogen-bond donors (Lipinski definition) is 3. The van der Waals surface area contributed by atoms with Crippen LogP contribution in [-0.2, 0) is 0 Å². The first kappa shape index (κ1) is 13.3. The molecule has 0 amide bonds. The summed E-state index contributed by atoms with van der Waals surface area (Å²) in [6, 6.07) is 16.2. The van der Waals surface area contributed by atoms with E-state index < -0.39 is 0 Å². The molecule has 0 saturated carbocycles. The van der Waals surface area contributed by atoms with Gasteiger partial charge in [0.15, 0.2) is 0 Å². The highest BCUT2D eigenvalue weighted by molar-refractivity contribution is 5.88. The zero-order valence-corrected chi connectivity index (χ0v) is 11.9. The Bertz CT molecular complexity index is 674. The predicted octanol–water partition coefficient (Wildman–Crippen LogP) is 4.51. The molecule has 106 valence electrons. The van der Waals surface area contributed by atoms with Crippen molar-refractivity contribution in [1.29, 1.82) is 0 Å². The van der Waals surface area contributed by atoms with Crippen LogP contribution in [-0.4, -0.2) is 6.54 Å². The molecule has 0 aromatic heterocycles. The lowest BCUT2D eigenvalue weighted by Gasteiger charge is -2.17. The normalized spacial score (nSPS) is 13.4. The lowest BCUT2D eigenvalue weighted by molar-refractivity contribution is 1.03. The number of benzene rings is 2. The molecule has 3 N–H and O–H groups in total. The summed E-state index contributed by atoms with van der Waals surface area (Å²) in [5.74, 6) is 0. The SMILES string of the molecule is C=C1CCNc2c(cccc2C(=C)Nc2ccccc2)N1. The van der Waals surface area contributed by atoms with E-state index in [4.69, 9.17) is 0 Å². The minimum absolute atomic E-state index is 0.870. The largest absolute Gasteiger partial charge is 0.382 e. The van der Waals surface area contributed by atoms with Gasteiger partial charge in [0.25, 0.3) is 0 Å². The highest BCUT2D eigenvalue weighted by atomic mass is 15.0. The van der Waals surface area contributed by atoms with Crippen LogP contribution in [0.1, 0.15) is 12.0 Å². The van der Waals surface area contributed by atoms with E-state index in [0.717, 1.165) is 47.0 Å². The Morgan fingerprint density at radius 2 is 1.86 bits per heavy atom. The van der Waals surface area contributed by atoms with Crippen LogP contribution >= 0.6 is 0 Å². The third kappa shape index (κ3) is 2.92. The molecule has 3 nitrogen and oxygen atoms in total. The third-order valence-electron chi connectivity index (χ3n) is 3.50. The Hall–Kier alpha value is -2.68. The second kappa shape index (κ2) is 5.75. The van der Waals surface area contributed by atoms with E-state index in [1.807, 2.05) is 36.4 Å². The van der Waals surface area contributed by atoms with E-state index in [2.05, 4.69) is 41.2 Å². The van der Waals surface area contributed by atoms with Crippen LogP contribution in [0.25, 0.3) is 5.70 Å². The molecule has 0 atom stereocenters. The summed E-state index contributed by atoms with van der Waals surface area (Å²) < 4.78 is 0. The van der Waals surface area contributed by atoms with Gasteiger partial charge in [0, 0.05) is 35.6 Å². The summed E-state index contributed by atoms with van der Waals surface area (Å²) in [5, 5.41) is 10.2. The van der Waals surface area contributed by atoms with Gasteiger partial charge in [-0.2, -0.15) is 0 Å². The minimum Gasteiger partial charge on any atom is -0.382 e. The van der Waals surface area contributed by atoms with E-state index in [-0.39, 0.29) is 0 Å². The number of rotatable bonds is 3. The molecule has 0 bridgehead atoms. The first-order chi connectivity index (χ1) is 10.2. The van der Waals surface area contributed by atoms with Crippen molar-refractivity contribution in [2.45, 2.75) is 6.42 Å². The van der Waals surface area contributed by atoms with Gasteiger partial charge in [0.05, 0.1) is 11.4 Å². The van der Waals surface area contributed by atoms with Gasteiger partial charge >= 0.3 is 0 Å². The number of para-hydroxylation sites is 2. The fraction of sp³-hybridized carbons (Fsp3) is 0.111. The van der Waals surface area contributed by atoms with Crippen molar-refractivity contribution in [1.82, 2.24) is 0 Å². The average Bonchev–Trinajstić information content (AvgIpc) is 2.68. The molecule has 1 aliphatic heterocycles. The highest BCUT2D eigenvalue weighted by Gasteiger charge is 2.14. The maximum atomic E-state index is 4.18. The van der Waals surface area contributed by atoms with Gasteiger partial charge < -0.3 is 16.0 Å². The number of anilines is 3. The van der Waals surface area contributed by atoms with E-state index in [1.165, 1.54) is 0 Å². The van der Waals surface area contributed by atoms with Crippen molar-refractivity contribution in [3.05, 3.63) is 72.9 Å². The van der Waals surface area contributed by atoms with Crippen LogP contribution in [0.5, 0.6) is 0 Å². The van der Waals surface area contributed by atoms with Crippen molar-refractivity contribution in [2.24, 2.45) is 0 Å². The Morgan fingerprint density at radius 3 is 2.67 bits per heavy atom. The number of fused-ring (bicyclic) bond motifs is 1. The van der Waals surface area contributed by atoms with Crippen LogP contribution in [0.2, 0.25) is 0 Å². The number of nitrogens with one attached hydrogen (secondary N) is 3. The first-order valence-corrected chi connectivity index (χ1v) is 7.07. The Labute approximate surface area is 125 Å². The maximum absolute atomic E-state index is 4.18. The zero-order valence-electron chi connectivity index (χ0n) is 11.9. The molecule has 0 aliphatic carbocycles. The van der Waals surface area contributed by atoms with Crippen LogP contribution in [0.4, 0.5) is 17.1 Å². The molecule has 0 fully saturated rings. The Morgan fingerprint density at radius 1 is 1.05 bits per heavy atom. The Kier molecular flexibility index (Phi) is 3.65. The van der Waals surface area contributed by atoms with Gasteiger partial charge in [-0.15, -0.1) is 0 Å². The lowest BCUT2D eigenvalue weighted by Crippen LogP contribution is -2.05. The molecular formula is C18H19N3. The van der Waals surface area contributed by atoms with E-state index in [1.54, 1.807) is 0 Å². The molecule has 0 saturated heterocycles. The molecular weight excluding hydrogens is 258 g/mol. The monoisotopic (exact) mass is 277 g/mol. The molecule has 3 rings (SSSR count). The predicted molar refractivity (Wildman–Crippen MR) is 91.4 cm³/mol. The summed E-state index contributed by atoms with van der Waals surface area (Å²) in [5.41, 5.74) is 6.13. The third-order valence-corrected chi connectivity index (χ3v) is 3.50. The second-order valence-electron chi connectivity index (χ2n) is 5.10. The fourth-order valence-corrected chi connectivity index (χ4v) is 2.45. The average molecular weight is 277 g/mol. The molecule has 3 heteroatoms. The lowest BCUT2D eigenvalue weighted by atomic mass is 10.1. The summed E-state index contributed by atoms with van der Waals surface area (Å²) in [6.07, 6.45) is 0.909. The van der Waals surface area contributed by atoms with Crippen LogP contribution < -0.4 is 16.0 Å². The zero-order chi connectivity index (χ0) is 14.7. The van der Waals surface area contributed by atoms with Gasteiger partial charge in [-0.3, -0.25) is 0 Å². The second-order valence-corrected chi connectivity index (χ2v) is 5.10. The summed E-state index contributed by atoms with van der Waals surface area (Å²) in [4.78, 5) is 0. The van der Waals surface area contributed by atoms with Crippen molar-refractivity contribution in [3.63, 3.8) is 0 Å². The summed E-state index contributed by atoms with van der Waals surface area (Å²) in [7, 11) is 0. The first-order valence-electron chi connectivity index (χ1n) is 7.07. The number of hydrogen-bond acceptors (Lipinski definition) is 3. The van der Waals surface area contributed by atoms with Crippen molar-refractivity contribution in [3.8, 4) is 0 Å². The molecule has 1 heterocycles. The molecule has 2 aromatic rings. The van der Waals surface area contributed by atoms with Crippen LogP contribution in [0.3, 0.4) is 0 Å². The van der Waals surface area contributed by atoms with Gasteiger partial charge in [0.1, 0.15) is 0 Å². The molecule has 0 radical (unpaired) electrons. The van der Waals surface area contributed by atoms with E-state index in [9.17, 15) is 0 Å². The molecule has 0 spiro atoms. The van der Waals surface area contributed by atoms with Crippen molar-refractivity contribution < 1.29 is 0 Å². The molecule has 0 unspecified atom stereocenters. The maximum Gasteiger partial charge on any atom is 0.0673 e. The van der Waals surface area contributed by atoms with Crippen molar-refractivity contribution >= 4 is 22.8 Å². The molecule has 21 heavy (non-hydrogen) atoms. The topological polar surface area (TPSA) is 36.1 Å². The quantitative estimate of drug-likeness (QED) is 0.772.